The van der Waals surface area contributed by atoms with Gasteiger partial charge in [-0.25, -0.2) is 4.79 Å². The SMILES string of the molecule is COC(=O)C1(O)C(O)C=C[C@H](O[Si](C)(C)C(C)(C)C)[C@@H]1O[Si](C)(C)C(C)(C)C. The van der Waals surface area contributed by atoms with E-state index in [1.54, 1.807) is 6.08 Å². The molecule has 28 heavy (non-hydrogen) atoms. The van der Waals surface area contributed by atoms with Crippen LogP contribution in [0, 0.1) is 0 Å². The van der Waals surface area contributed by atoms with E-state index in [2.05, 4.69) is 54.6 Å². The molecule has 0 spiro atoms. The summed E-state index contributed by atoms with van der Waals surface area (Å²) in [7, 11) is -3.46. The fraction of sp³-hybridized carbons (Fsp3) is 0.850. The predicted molar refractivity (Wildman–Crippen MR) is 116 cm³/mol. The van der Waals surface area contributed by atoms with E-state index in [4.69, 9.17) is 13.6 Å². The van der Waals surface area contributed by atoms with Gasteiger partial charge in [0.1, 0.15) is 12.2 Å². The maximum atomic E-state index is 12.6. The summed E-state index contributed by atoms with van der Waals surface area (Å²) in [5.41, 5.74) is -2.23. The Morgan fingerprint density at radius 1 is 0.929 bits per heavy atom. The van der Waals surface area contributed by atoms with E-state index in [9.17, 15) is 15.0 Å². The van der Waals surface area contributed by atoms with E-state index in [0.717, 1.165) is 0 Å². The van der Waals surface area contributed by atoms with E-state index < -0.39 is 46.5 Å². The first-order chi connectivity index (χ1) is 12.3. The molecule has 0 saturated carbocycles. The number of carbonyl (C=O) groups excluding carboxylic acids is 1. The van der Waals surface area contributed by atoms with Crippen LogP contribution in [0.15, 0.2) is 12.2 Å². The average Bonchev–Trinajstić information content (AvgIpc) is 2.51. The number of hydrogen-bond donors (Lipinski definition) is 2. The van der Waals surface area contributed by atoms with Crippen LogP contribution in [0.2, 0.25) is 36.3 Å². The second kappa shape index (κ2) is 7.96. The molecule has 1 aliphatic carbocycles. The molecule has 0 fully saturated rings. The van der Waals surface area contributed by atoms with Crippen LogP contribution < -0.4 is 0 Å². The number of esters is 1. The summed E-state index contributed by atoms with van der Waals surface area (Å²) in [6.45, 7) is 20.9. The minimum Gasteiger partial charge on any atom is -0.467 e. The highest BCUT2D eigenvalue weighted by atomic mass is 28.4. The summed E-state index contributed by atoms with van der Waals surface area (Å²) in [6.07, 6.45) is -0.0490. The number of rotatable bonds is 5. The monoisotopic (exact) mass is 432 g/mol. The standard InChI is InChI=1S/C20H40O6Si2/c1-18(2,3)27(8,9)25-14-12-13-15(21)20(23,17(22)24-7)16(14)26-28(10,11)19(4,5)6/h12-16,21,23H,1-11H3/t14-,15?,16-,20?/m0/s1. The van der Waals surface area contributed by atoms with Crippen LogP contribution in [0.4, 0.5) is 0 Å². The molecule has 164 valence electrons. The zero-order valence-corrected chi connectivity index (χ0v) is 21.4. The van der Waals surface area contributed by atoms with E-state index in [1.807, 2.05) is 13.1 Å². The number of methoxy groups -OCH3 is 1. The Bertz CT molecular complexity index is 603. The Kier molecular flexibility index (Phi) is 7.25. The summed E-state index contributed by atoms with van der Waals surface area (Å²) in [4.78, 5) is 12.6. The predicted octanol–water partition coefficient (Wildman–Crippen LogP) is 3.60. The number of hydrogen-bond acceptors (Lipinski definition) is 6. The van der Waals surface area contributed by atoms with Gasteiger partial charge in [-0.1, -0.05) is 53.7 Å². The van der Waals surface area contributed by atoms with Gasteiger partial charge < -0.3 is 23.8 Å². The molecule has 0 aliphatic heterocycles. The van der Waals surface area contributed by atoms with Gasteiger partial charge in [0.2, 0.25) is 5.60 Å². The molecule has 0 aromatic carbocycles. The van der Waals surface area contributed by atoms with Crippen molar-refractivity contribution in [2.45, 2.75) is 102 Å². The van der Waals surface area contributed by atoms with Crippen LogP contribution >= 0.6 is 0 Å². The summed E-state index contributed by atoms with van der Waals surface area (Å²) in [5.74, 6) is -0.920. The molecule has 0 heterocycles. The Morgan fingerprint density at radius 3 is 1.75 bits per heavy atom. The first-order valence-corrected chi connectivity index (χ1v) is 15.7. The van der Waals surface area contributed by atoms with Gasteiger partial charge in [-0.2, -0.15) is 0 Å². The highest BCUT2D eigenvalue weighted by Gasteiger charge is 2.59. The molecule has 1 rings (SSSR count). The van der Waals surface area contributed by atoms with Gasteiger partial charge in [0.05, 0.1) is 13.2 Å². The zero-order valence-electron chi connectivity index (χ0n) is 19.4. The first kappa shape index (κ1) is 25.5. The average molecular weight is 433 g/mol. The van der Waals surface area contributed by atoms with Gasteiger partial charge >= 0.3 is 5.97 Å². The molecule has 0 radical (unpaired) electrons. The molecule has 0 aromatic heterocycles. The van der Waals surface area contributed by atoms with Crippen molar-refractivity contribution in [3.05, 3.63) is 12.2 Å². The van der Waals surface area contributed by atoms with Gasteiger partial charge in [-0.15, -0.1) is 0 Å². The van der Waals surface area contributed by atoms with Crippen LogP contribution in [-0.2, 0) is 18.4 Å². The van der Waals surface area contributed by atoms with Crippen molar-refractivity contribution in [1.82, 2.24) is 0 Å². The molecule has 0 bridgehead atoms. The smallest absolute Gasteiger partial charge is 0.343 e. The van der Waals surface area contributed by atoms with Gasteiger partial charge in [0.15, 0.2) is 16.6 Å². The summed E-state index contributed by atoms with van der Waals surface area (Å²) >= 11 is 0. The van der Waals surface area contributed by atoms with Crippen molar-refractivity contribution in [2.75, 3.05) is 7.11 Å². The number of carbonyl (C=O) groups is 1. The van der Waals surface area contributed by atoms with Crippen molar-refractivity contribution in [3.8, 4) is 0 Å². The van der Waals surface area contributed by atoms with Crippen molar-refractivity contribution < 1.29 is 28.6 Å². The van der Waals surface area contributed by atoms with Crippen molar-refractivity contribution in [1.29, 1.82) is 0 Å². The quantitative estimate of drug-likeness (QED) is 0.392. The first-order valence-electron chi connectivity index (χ1n) is 9.84. The molecule has 0 saturated heterocycles. The summed E-state index contributed by atoms with van der Waals surface area (Å²) < 4.78 is 17.9. The lowest BCUT2D eigenvalue weighted by atomic mass is 9.82. The molecule has 4 atom stereocenters. The topological polar surface area (TPSA) is 85.2 Å². The third kappa shape index (κ3) is 4.79. The fourth-order valence-electron chi connectivity index (χ4n) is 2.55. The maximum Gasteiger partial charge on any atom is 0.343 e. The maximum absolute atomic E-state index is 12.6. The number of aliphatic hydroxyl groups excluding tert-OH is 1. The zero-order chi connectivity index (χ0) is 22.3. The van der Waals surface area contributed by atoms with Crippen LogP contribution in [0.1, 0.15) is 41.5 Å². The van der Waals surface area contributed by atoms with Crippen molar-refractivity contribution in [3.63, 3.8) is 0 Å². The van der Waals surface area contributed by atoms with Gasteiger partial charge in [-0.05, 0) is 36.3 Å². The Labute approximate surface area is 172 Å². The Morgan fingerprint density at radius 2 is 1.36 bits per heavy atom. The third-order valence-corrected chi connectivity index (χ3v) is 15.6. The highest BCUT2D eigenvalue weighted by Crippen LogP contribution is 2.44. The fourth-order valence-corrected chi connectivity index (χ4v) is 5.09. The Balaban J connectivity index is 3.48. The molecule has 1 aliphatic rings. The van der Waals surface area contributed by atoms with Crippen molar-refractivity contribution >= 4 is 22.6 Å². The molecule has 0 aromatic rings. The third-order valence-electron chi connectivity index (χ3n) is 6.64. The van der Waals surface area contributed by atoms with E-state index in [-0.39, 0.29) is 10.1 Å². The van der Waals surface area contributed by atoms with E-state index in [0.29, 0.717) is 0 Å². The second-order valence-electron chi connectivity index (χ2n) is 10.8. The lowest BCUT2D eigenvalue weighted by Gasteiger charge is -2.50. The van der Waals surface area contributed by atoms with E-state index in [1.165, 1.54) is 13.2 Å². The molecule has 8 heteroatoms. The van der Waals surface area contributed by atoms with Gasteiger partial charge in [-0.3, -0.25) is 0 Å². The Hall–Kier alpha value is -0.516. The molecule has 0 amide bonds. The van der Waals surface area contributed by atoms with Crippen LogP contribution in [0.25, 0.3) is 0 Å². The molecule has 2 unspecified atom stereocenters. The van der Waals surface area contributed by atoms with Gasteiger partial charge in [0.25, 0.3) is 0 Å². The minimum absolute atomic E-state index is 0.0677. The lowest BCUT2D eigenvalue weighted by molar-refractivity contribution is -0.197. The van der Waals surface area contributed by atoms with Crippen LogP contribution in [0.5, 0.6) is 0 Å². The normalized spacial score (nSPS) is 29.7. The minimum atomic E-state index is -2.41. The molecular formula is C20H40O6Si2. The molecular weight excluding hydrogens is 392 g/mol. The number of ether oxygens (including phenoxy) is 1. The number of aliphatic hydroxyl groups is 2. The molecule has 6 nitrogen and oxygen atoms in total. The van der Waals surface area contributed by atoms with Crippen molar-refractivity contribution in [2.24, 2.45) is 0 Å². The van der Waals surface area contributed by atoms with E-state index >= 15 is 0 Å². The lowest BCUT2D eigenvalue weighted by Crippen LogP contribution is -2.68. The van der Waals surface area contributed by atoms with Crippen LogP contribution in [0.3, 0.4) is 0 Å². The largest absolute Gasteiger partial charge is 0.467 e. The summed E-state index contributed by atoms with van der Waals surface area (Å²) in [5, 5.41) is 21.6. The summed E-state index contributed by atoms with van der Waals surface area (Å²) in [6, 6.07) is 0. The van der Waals surface area contributed by atoms with Crippen LogP contribution in [-0.4, -0.2) is 63.8 Å². The highest BCUT2D eigenvalue weighted by molar-refractivity contribution is 6.74. The second-order valence-corrected chi connectivity index (χ2v) is 20.3. The van der Waals surface area contributed by atoms with Gasteiger partial charge in [0, 0.05) is 0 Å². The molecule has 2 N–H and O–H groups in total.